The van der Waals surface area contributed by atoms with Gasteiger partial charge in [-0.1, -0.05) is 30.3 Å². The number of rotatable bonds is 4. The zero-order valence-electron chi connectivity index (χ0n) is 11.6. The van der Waals surface area contributed by atoms with Crippen molar-refractivity contribution in [2.75, 3.05) is 32.0 Å². The molecule has 1 heterocycles. The Morgan fingerprint density at radius 3 is 2.71 bits per heavy atom. The quantitative estimate of drug-likeness (QED) is 0.822. The summed E-state index contributed by atoms with van der Waals surface area (Å²) in [7, 11) is -3.28. The summed E-state index contributed by atoms with van der Waals surface area (Å²) < 4.78 is 24.7. The van der Waals surface area contributed by atoms with Gasteiger partial charge < -0.3 is 9.64 Å². The van der Waals surface area contributed by atoms with Crippen LogP contribution in [0.4, 0.5) is 0 Å². The number of carbonyl (C=O) groups is 1. The molecule has 2 rings (SSSR count). The van der Waals surface area contributed by atoms with Crippen LogP contribution in [-0.4, -0.2) is 56.1 Å². The highest BCUT2D eigenvalue weighted by molar-refractivity contribution is 8.19. The molecule has 0 saturated carbocycles. The SMILES string of the molecule is O=C(COCc1ccccc1)N1CC[N+](=O)S(O)(O)CC1. The van der Waals surface area contributed by atoms with Gasteiger partial charge in [-0.15, -0.1) is 0 Å². The largest absolute Gasteiger partial charge is 0.367 e. The van der Waals surface area contributed by atoms with E-state index in [-0.39, 0.29) is 42.1 Å². The molecule has 2 N–H and O–H groups in total. The maximum atomic E-state index is 12.0. The second kappa shape index (κ2) is 6.99. The molecule has 0 spiro atoms. The first-order valence-electron chi connectivity index (χ1n) is 6.59. The molecule has 116 valence electrons. The van der Waals surface area contributed by atoms with Gasteiger partial charge in [0, 0.05) is 22.2 Å². The lowest BCUT2D eigenvalue weighted by Gasteiger charge is -2.21. The molecule has 0 bridgehead atoms. The Labute approximate surface area is 124 Å². The van der Waals surface area contributed by atoms with E-state index in [0.717, 1.165) is 5.56 Å². The Balaban J connectivity index is 1.79. The van der Waals surface area contributed by atoms with Crippen LogP contribution in [0, 0.1) is 4.91 Å². The van der Waals surface area contributed by atoms with Crippen molar-refractivity contribution in [2.24, 2.45) is 0 Å². The molecule has 21 heavy (non-hydrogen) atoms. The highest BCUT2D eigenvalue weighted by Gasteiger charge is 2.35. The van der Waals surface area contributed by atoms with Gasteiger partial charge in [-0.3, -0.25) is 4.79 Å². The minimum atomic E-state index is -3.28. The lowest BCUT2D eigenvalue weighted by molar-refractivity contribution is -0.398. The zero-order chi connectivity index (χ0) is 15.3. The predicted molar refractivity (Wildman–Crippen MR) is 78.9 cm³/mol. The Bertz CT molecular complexity index is 509. The molecule has 0 aliphatic carbocycles. The molecule has 1 fully saturated rings. The normalized spacial score (nSPS) is 19.9. The predicted octanol–water partition coefficient (Wildman–Crippen LogP) is 1.49. The zero-order valence-corrected chi connectivity index (χ0v) is 12.4. The van der Waals surface area contributed by atoms with Crippen LogP contribution >= 0.6 is 10.8 Å². The van der Waals surface area contributed by atoms with Crippen LogP contribution in [0.2, 0.25) is 0 Å². The average molecular weight is 315 g/mol. The van der Waals surface area contributed by atoms with Crippen LogP contribution in [0.1, 0.15) is 5.56 Å². The molecule has 1 saturated heterocycles. The molecule has 1 amide bonds. The molecule has 0 aromatic heterocycles. The van der Waals surface area contributed by atoms with Crippen LogP contribution in [0.5, 0.6) is 0 Å². The first-order valence-corrected chi connectivity index (χ1v) is 8.26. The third kappa shape index (κ3) is 4.50. The first kappa shape index (κ1) is 15.9. The topological polar surface area (TPSA) is 90.1 Å². The maximum Gasteiger partial charge on any atom is 0.248 e. The number of carbonyl (C=O) groups excluding carboxylic acids is 1. The molecule has 0 radical (unpaired) electrons. The number of hydrogen-bond acceptors (Lipinski definition) is 5. The van der Waals surface area contributed by atoms with Gasteiger partial charge in [0.25, 0.3) is 0 Å². The Hall–Kier alpha value is -1.48. The van der Waals surface area contributed by atoms with Gasteiger partial charge >= 0.3 is 0 Å². The third-order valence-corrected chi connectivity index (χ3v) is 4.77. The van der Waals surface area contributed by atoms with Gasteiger partial charge in [-0.05, 0) is 5.56 Å². The van der Waals surface area contributed by atoms with Gasteiger partial charge in [-0.25, -0.2) is 9.11 Å². The van der Waals surface area contributed by atoms with E-state index < -0.39 is 10.8 Å². The van der Waals surface area contributed by atoms with E-state index in [2.05, 4.69) is 0 Å². The molecule has 1 aliphatic rings. The van der Waals surface area contributed by atoms with Crippen molar-refractivity contribution in [2.45, 2.75) is 6.61 Å². The Morgan fingerprint density at radius 1 is 1.29 bits per heavy atom. The lowest BCUT2D eigenvalue weighted by atomic mass is 10.2. The van der Waals surface area contributed by atoms with Crippen molar-refractivity contribution >= 4 is 16.7 Å². The molecular formula is C13H19N2O5S+. The van der Waals surface area contributed by atoms with Crippen LogP contribution in [0.3, 0.4) is 0 Å². The molecule has 0 unspecified atom stereocenters. The van der Waals surface area contributed by atoms with Crippen molar-refractivity contribution in [3.63, 3.8) is 0 Å². The molecule has 1 aliphatic heterocycles. The number of hydrogen-bond donors (Lipinski definition) is 2. The van der Waals surface area contributed by atoms with E-state index in [1.165, 1.54) is 4.90 Å². The molecule has 8 heteroatoms. The van der Waals surface area contributed by atoms with Crippen LogP contribution in [0.15, 0.2) is 30.3 Å². The summed E-state index contributed by atoms with van der Waals surface area (Å²) in [4.78, 5) is 24.8. The van der Waals surface area contributed by atoms with E-state index in [9.17, 15) is 18.8 Å². The van der Waals surface area contributed by atoms with E-state index in [4.69, 9.17) is 4.74 Å². The van der Waals surface area contributed by atoms with Crippen molar-refractivity contribution in [1.29, 1.82) is 0 Å². The summed E-state index contributed by atoms with van der Waals surface area (Å²) in [5.74, 6) is -0.377. The van der Waals surface area contributed by atoms with Crippen molar-refractivity contribution in [1.82, 2.24) is 4.90 Å². The van der Waals surface area contributed by atoms with E-state index in [1.807, 2.05) is 30.3 Å². The van der Waals surface area contributed by atoms with Gasteiger partial charge in [-0.2, -0.15) is 0 Å². The van der Waals surface area contributed by atoms with Crippen LogP contribution < -0.4 is 0 Å². The van der Waals surface area contributed by atoms with Gasteiger partial charge in [0.1, 0.15) is 16.5 Å². The molecular weight excluding hydrogens is 296 g/mol. The standard InChI is InChI=1S/C13H18N2O5S/c16-13(11-20-10-12-4-2-1-3-5-12)14-6-7-15(17)21(18,19)9-8-14/h1-5H,6-11H2,(H-,18,19)/p+1. The van der Waals surface area contributed by atoms with E-state index in [1.54, 1.807) is 0 Å². The van der Waals surface area contributed by atoms with Gasteiger partial charge in [0.15, 0.2) is 0 Å². The van der Waals surface area contributed by atoms with Gasteiger partial charge in [0.05, 0.1) is 13.2 Å². The van der Waals surface area contributed by atoms with E-state index >= 15 is 0 Å². The summed E-state index contributed by atoms with van der Waals surface area (Å²) in [6.07, 6.45) is 0. The summed E-state index contributed by atoms with van der Waals surface area (Å²) in [5, 5.41) is 0. The second-order valence-corrected chi connectivity index (χ2v) is 6.83. The lowest BCUT2D eigenvalue weighted by Crippen LogP contribution is -2.37. The fourth-order valence-corrected chi connectivity index (χ4v) is 3.01. The van der Waals surface area contributed by atoms with Crippen LogP contribution in [0.25, 0.3) is 0 Å². The van der Waals surface area contributed by atoms with E-state index in [0.29, 0.717) is 6.61 Å². The maximum absolute atomic E-state index is 12.0. The fraction of sp³-hybridized carbons (Fsp3) is 0.462. The highest BCUT2D eigenvalue weighted by atomic mass is 32.3. The molecule has 1 aromatic rings. The summed E-state index contributed by atoms with van der Waals surface area (Å²) >= 11 is 0. The molecule has 0 atom stereocenters. The average Bonchev–Trinajstić information content (AvgIpc) is 2.60. The minimum Gasteiger partial charge on any atom is -0.367 e. The Kier molecular flexibility index (Phi) is 5.29. The number of amides is 1. The second-order valence-electron chi connectivity index (χ2n) is 4.75. The smallest absolute Gasteiger partial charge is 0.248 e. The fourth-order valence-electron chi connectivity index (χ4n) is 1.97. The molecule has 7 nitrogen and oxygen atoms in total. The monoisotopic (exact) mass is 315 g/mol. The van der Waals surface area contributed by atoms with Gasteiger partial charge in [0.2, 0.25) is 12.5 Å². The number of benzene rings is 1. The number of ether oxygens (including phenoxy) is 1. The Morgan fingerprint density at radius 2 is 2.00 bits per heavy atom. The highest BCUT2D eigenvalue weighted by Crippen LogP contribution is 2.39. The summed E-state index contributed by atoms with van der Waals surface area (Å²) in [6.45, 7) is 0.463. The first-order chi connectivity index (χ1) is 9.99. The number of nitroso groups, excluding NO2 is 1. The minimum absolute atomic E-state index is 0.0903. The van der Waals surface area contributed by atoms with Crippen molar-refractivity contribution < 1.29 is 22.8 Å². The summed E-state index contributed by atoms with van der Waals surface area (Å²) in [6, 6.07) is 9.49. The van der Waals surface area contributed by atoms with Crippen LogP contribution in [-0.2, 0) is 16.1 Å². The molecule has 1 aromatic carbocycles. The summed E-state index contributed by atoms with van der Waals surface area (Å²) in [5.41, 5.74) is 0.973. The number of nitrogens with zero attached hydrogens (tertiary/aromatic N) is 2. The third-order valence-electron chi connectivity index (χ3n) is 3.20. The van der Waals surface area contributed by atoms with Crippen molar-refractivity contribution in [3.8, 4) is 0 Å². The van der Waals surface area contributed by atoms with Crippen molar-refractivity contribution in [3.05, 3.63) is 40.8 Å².